The number of rotatable bonds is 5. The maximum absolute atomic E-state index is 12.0. The summed E-state index contributed by atoms with van der Waals surface area (Å²) in [4.78, 5) is 13.7. The van der Waals surface area contributed by atoms with E-state index in [1.807, 2.05) is 13.8 Å². The number of nitrogen functional groups attached to an aromatic ring is 1. The van der Waals surface area contributed by atoms with Crippen LogP contribution < -0.4 is 5.73 Å². The highest BCUT2D eigenvalue weighted by Gasteiger charge is 2.20. The molecule has 0 bridgehead atoms. The number of carbonyl (C=O) groups is 1. The Balaban J connectivity index is 2.91. The first-order chi connectivity index (χ1) is 7.65. The van der Waals surface area contributed by atoms with Crippen LogP contribution in [0, 0.1) is 0 Å². The molecule has 90 valence electrons. The van der Waals surface area contributed by atoms with Crippen LogP contribution >= 0.6 is 0 Å². The Morgan fingerprint density at radius 2 is 2.00 bits per heavy atom. The Hall–Kier alpha value is -1.52. The molecule has 0 fully saturated rings. The van der Waals surface area contributed by atoms with Crippen molar-refractivity contribution >= 4 is 11.6 Å². The van der Waals surface area contributed by atoms with Crippen LogP contribution in [0.1, 0.15) is 43.4 Å². The first-order valence-corrected chi connectivity index (χ1v) is 5.77. The SMILES string of the molecule is CCCc1[nH]nc(C(=O)N(CC)CC)c1N. The van der Waals surface area contributed by atoms with E-state index in [0.717, 1.165) is 18.5 Å². The van der Waals surface area contributed by atoms with Crippen LogP contribution in [-0.2, 0) is 6.42 Å². The van der Waals surface area contributed by atoms with Gasteiger partial charge >= 0.3 is 0 Å². The van der Waals surface area contributed by atoms with Crippen molar-refractivity contribution < 1.29 is 4.79 Å². The lowest BCUT2D eigenvalue weighted by Crippen LogP contribution is -2.31. The molecule has 0 aliphatic rings. The van der Waals surface area contributed by atoms with Crippen LogP contribution in [-0.4, -0.2) is 34.1 Å². The molecule has 0 radical (unpaired) electrons. The van der Waals surface area contributed by atoms with Crippen LogP contribution in [0.25, 0.3) is 0 Å². The Morgan fingerprint density at radius 1 is 1.38 bits per heavy atom. The molecule has 0 aromatic carbocycles. The molecule has 0 saturated heterocycles. The van der Waals surface area contributed by atoms with E-state index in [1.54, 1.807) is 4.90 Å². The first-order valence-electron chi connectivity index (χ1n) is 5.77. The van der Waals surface area contributed by atoms with Gasteiger partial charge in [-0.25, -0.2) is 0 Å². The zero-order chi connectivity index (χ0) is 12.1. The van der Waals surface area contributed by atoms with Crippen LogP contribution in [0.5, 0.6) is 0 Å². The number of nitrogens with two attached hydrogens (primary N) is 1. The molecule has 5 nitrogen and oxygen atoms in total. The van der Waals surface area contributed by atoms with Crippen molar-refractivity contribution in [3.8, 4) is 0 Å². The van der Waals surface area contributed by atoms with Crippen molar-refractivity contribution in [3.05, 3.63) is 11.4 Å². The van der Waals surface area contributed by atoms with E-state index in [2.05, 4.69) is 17.1 Å². The molecule has 1 aromatic rings. The maximum atomic E-state index is 12.0. The molecule has 5 heteroatoms. The molecule has 0 saturated carbocycles. The summed E-state index contributed by atoms with van der Waals surface area (Å²) in [6.45, 7) is 7.29. The summed E-state index contributed by atoms with van der Waals surface area (Å²) in [6.07, 6.45) is 1.80. The summed E-state index contributed by atoms with van der Waals surface area (Å²) in [5, 5.41) is 6.85. The molecular formula is C11H20N4O. The van der Waals surface area contributed by atoms with Gasteiger partial charge in [-0.2, -0.15) is 5.10 Å². The van der Waals surface area contributed by atoms with Crippen LogP contribution in [0.15, 0.2) is 0 Å². The third-order valence-electron chi connectivity index (χ3n) is 2.64. The van der Waals surface area contributed by atoms with Crippen molar-refractivity contribution in [2.24, 2.45) is 0 Å². The predicted molar refractivity (Wildman–Crippen MR) is 64.2 cm³/mol. The second kappa shape index (κ2) is 5.53. The van der Waals surface area contributed by atoms with E-state index < -0.39 is 0 Å². The topological polar surface area (TPSA) is 75.0 Å². The smallest absolute Gasteiger partial charge is 0.276 e. The molecule has 0 unspecified atom stereocenters. The first kappa shape index (κ1) is 12.5. The van der Waals surface area contributed by atoms with Gasteiger partial charge in [0.2, 0.25) is 0 Å². The number of hydrogen-bond acceptors (Lipinski definition) is 3. The monoisotopic (exact) mass is 224 g/mol. The average Bonchev–Trinajstić information content (AvgIpc) is 2.63. The van der Waals surface area contributed by atoms with Gasteiger partial charge in [-0.05, 0) is 20.3 Å². The van der Waals surface area contributed by atoms with Gasteiger partial charge in [-0.15, -0.1) is 0 Å². The minimum Gasteiger partial charge on any atom is -0.395 e. The van der Waals surface area contributed by atoms with Crippen molar-refractivity contribution in [3.63, 3.8) is 0 Å². The summed E-state index contributed by atoms with van der Waals surface area (Å²) >= 11 is 0. The molecule has 0 aliphatic carbocycles. The number of H-pyrrole nitrogens is 1. The van der Waals surface area contributed by atoms with E-state index in [1.165, 1.54) is 0 Å². The Kier molecular flexibility index (Phi) is 4.34. The summed E-state index contributed by atoms with van der Waals surface area (Å²) in [7, 11) is 0. The fourth-order valence-corrected chi connectivity index (χ4v) is 1.65. The Bertz CT molecular complexity index is 355. The highest BCUT2D eigenvalue weighted by atomic mass is 16.2. The Morgan fingerprint density at radius 3 is 2.50 bits per heavy atom. The third-order valence-corrected chi connectivity index (χ3v) is 2.64. The molecule has 1 heterocycles. The average molecular weight is 224 g/mol. The molecule has 0 aliphatic heterocycles. The summed E-state index contributed by atoms with van der Waals surface area (Å²) < 4.78 is 0. The highest BCUT2D eigenvalue weighted by molar-refractivity contribution is 5.97. The van der Waals surface area contributed by atoms with Gasteiger partial charge in [0.25, 0.3) is 5.91 Å². The molecule has 16 heavy (non-hydrogen) atoms. The normalized spacial score (nSPS) is 10.4. The van der Waals surface area contributed by atoms with Gasteiger partial charge in [-0.3, -0.25) is 9.89 Å². The number of carbonyl (C=O) groups excluding carboxylic acids is 1. The number of nitrogens with zero attached hydrogens (tertiary/aromatic N) is 2. The van der Waals surface area contributed by atoms with Crippen molar-refractivity contribution in [2.45, 2.75) is 33.6 Å². The van der Waals surface area contributed by atoms with E-state index in [-0.39, 0.29) is 5.91 Å². The zero-order valence-corrected chi connectivity index (χ0v) is 10.2. The number of amides is 1. The number of aromatic amines is 1. The fourth-order valence-electron chi connectivity index (χ4n) is 1.65. The minimum atomic E-state index is -0.0962. The molecule has 0 spiro atoms. The largest absolute Gasteiger partial charge is 0.395 e. The summed E-state index contributed by atoms with van der Waals surface area (Å²) in [5.41, 5.74) is 7.61. The number of nitrogens with one attached hydrogen (secondary N) is 1. The van der Waals surface area contributed by atoms with Gasteiger partial charge in [0.15, 0.2) is 5.69 Å². The lowest BCUT2D eigenvalue weighted by Gasteiger charge is -2.17. The van der Waals surface area contributed by atoms with Crippen molar-refractivity contribution in [1.29, 1.82) is 0 Å². The van der Waals surface area contributed by atoms with Crippen LogP contribution in [0.4, 0.5) is 5.69 Å². The molecule has 0 atom stereocenters. The molecule has 1 amide bonds. The fraction of sp³-hybridized carbons (Fsp3) is 0.636. The number of aryl methyl sites for hydroxylation is 1. The third kappa shape index (κ3) is 2.35. The standard InChI is InChI=1S/C11H20N4O/c1-4-7-8-9(12)10(14-13-8)11(16)15(5-2)6-3/h4-7,12H2,1-3H3,(H,13,14). The number of hydrogen-bond donors (Lipinski definition) is 2. The summed E-state index contributed by atoms with van der Waals surface area (Å²) in [5.74, 6) is -0.0962. The summed E-state index contributed by atoms with van der Waals surface area (Å²) in [6, 6.07) is 0. The maximum Gasteiger partial charge on any atom is 0.276 e. The van der Waals surface area contributed by atoms with Crippen LogP contribution in [0.2, 0.25) is 0 Å². The van der Waals surface area contributed by atoms with Gasteiger partial charge in [-0.1, -0.05) is 13.3 Å². The van der Waals surface area contributed by atoms with Gasteiger partial charge in [0.1, 0.15) is 0 Å². The van der Waals surface area contributed by atoms with Crippen LogP contribution in [0.3, 0.4) is 0 Å². The predicted octanol–water partition coefficient (Wildman–Crippen LogP) is 1.43. The van der Waals surface area contributed by atoms with E-state index in [9.17, 15) is 4.79 Å². The number of aromatic nitrogens is 2. The highest BCUT2D eigenvalue weighted by Crippen LogP contribution is 2.17. The van der Waals surface area contributed by atoms with Crippen molar-refractivity contribution in [1.82, 2.24) is 15.1 Å². The molecular weight excluding hydrogens is 204 g/mol. The molecule has 1 rings (SSSR count). The minimum absolute atomic E-state index is 0.0962. The second-order valence-corrected chi connectivity index (χ2v) is 3.69. The Labute approximate surface area is 96.0 Å². The van der Waals surface area contributed by atoms with Gasteiger partial charge in [0.05, 0.1) is 11.4 Å². The lowest BCUT2D eigenvalue weighted by atomic mass is 10.2. The second-order valence-electron chi connectivity index (χ2n) is 3.69. The number of anilines is 1. The van der Waals surface area contributed by atoms with Gasteiger partial charge < -0.3 is 10.6 Å². The van der Waals surface area contributed by atoms with Crippen molar-refractivity contribution in [2.75, 3.05) is 18.8 Å². The van der Waals surface area contributed by atoms with E-state index >= 15 is 0 Å². The lowest BCUT2D eigenvalue weighted by molar-refractivity contribution is 0.0768. The molecule has 3 N–H and O–H groups in total. The molecule has 1 aromatic heterocycles. The van der Waals surface area contributed by atoms with E-state index in [0.29, 0.717) is 24.5 Å². The zero-order valence-electron chi connectivity index (χ0n) is 10.2. The quantitative estimate of drug-likeness (QED) is 0.794. The van der Waals surface area contributed by atoms with E-state index in [4.69, 9.17) is 5.73 Å². The van der Waals surface area contributed by atoms with Gasteiger partial charge in [0, 0.05) is 13.1 Å².